The Morgan fingerprint density at radius 2 is 1.70 bits per heavy atom. The normalized spacial score (nSPS) is 22.3. The average Bonchev–Trinajstić information content (AvgIpc) is 3.08. The number of hydrogen-bond donors (Lipinski definition) is 1. The van der Waals surface area contributed by atoms with Gasteiger partial charge in [0, 0.05) is 18.8 Å². The topological polar surface area (TPSA) is 63.6 Å². The van der Waals surface area contributed by atoms with E-state index in [0.29, 0.717) is 18.1 Å². The summed E-state index contributed by atoms with van der Waals surface area (Å²) in [6, 6.07) is 0. The summed E-state index contributed by atoms with van der Waals surface area (Å²) in [5, 5.41) is 8.98. The Hall–Kier alpha value is -0.943. The van der Waals surface area contributed by atoms with Crippen LogP contribution in [0.3, 0.4) is 0 Å². The standard InChI is InChI=1S/C28H50O4Si/c1-27(2,3)33(5,6)32-28(4,23-14-10-9-11-15-23)21-20-22-18-19-25(29)24(22)16-12-7-8-13-17-26(30)31/h18,23-24H,7-17,19-21H2,1-6H3,(H,30,31)/t24-,28+/m1/s1. The van der Waals surface area contributed by atoms with Gasteiger partial charge >= 0.3 is 5.97 Å². The van der Waals surface area contributed by atoms with Crippen molar-refractivity contribution in [1.82, 2.24) is 0 Å². The number of carbonyl (C=O) groups is 2. The molecule has 0 aromatic rings. The van der Waals surface area contributed by atoms with Crippen molar-refractivity contribution in [3.8, 4) is 0 Å². The molecule has 0 heterocycles. The van der Waals surface area contributed by atoms with E-state index in [-0.39, 0.29) is 23.0 Å². The first-order chi connectivity index (χ1) is 15.4. The summed E-state index contributed by atoms with van der Waals surface area (Å²) in [6.45, 7) is 14.1. The van der Waals surface area contributed by atoms with Crippen LogP contribution in [-0.2, 0) is 14.0 Å². The SMILES string of the molecule is CC(C)(C)[Si](C)(C)O[C@@](C)(CCC1=CCC(=O)[C@@H]1CCCCCCC(=O)O)C1CCCCC1. The minimum atomic E-state index is -1.90. The highest BCUT2D eigenvalue weighted by molar-refractivity contribution is 6.74. The first kappa shape index (κ1) is 28.3. The number of Topliss-reactive ketones (excluding diaryl/α,β-unsaturated/α-hetero) is 1. The summed E-state index contributed by atoms with van der Waals surface area (Å²) >= 11 is 0. The second kappa shape index (κ2) is 12.1. The van der Waals surface area contributed by atoms with Gasteiger partial charge in [-0.15, -0.1) is 0 Å². The van der Waals surface area contributed by atoms with Crippen molar-refractivity contribution in [2.45, 2.75) is 141 Å². The summed E-state index contributed by atoms with van der Waals surface area (Å²) in [4.78, 5) is 23.3. The second-order valence-electron chi connectivity index (χ2n) is 12.4. The average molecular weight is 479 g/mol. The van der Waals surface area contributed by atoms with Gasteiger partial charge in [0.05, 0.1) is 5.60 Å². The van der Waals surface area contributed by atoms with E-state index in [0.717, 1.165) is 44.9 Å². The van der Waals surface area contributed by atoms with E-state index in [4.69, 9.17) is 9.53 Å². The Labute approximate surface area is 204 Å². The van der Waals surface area contributed by atoms with E-state index in [9.17, 15) is 9.59 Å². The molecule has 1 N–H and O–H groups in total. The van der Waals surface area contributed by atoms with Crippen LogP contribution in [0.5, 0.6) is 0 Å². The number of unbranched alkanes of at least 4 members (excludes halogenated alkanes) is 3. The van der Waals surface area contributed by atoms with Gasteiger partial charge in [0.1, 0.15) is 5.78 Å². The van der Waals surface area contributed by atoms with Crippen LogP contribution in [0.15, 0.2) is 11.6 Å². The van der Waals surface area contributed by atoms with Crippen molar-refractivity contribution in [3.05, 3.63) is 11.6 Å². The van der Waals surface area contributed by atoms with Crippen molar-refractivity contribution in [3.63, 3.8) is 0 Å². The van der Waals surface area contributed by atoms with Crippen LogP contribution in [0, 0.1) is 11.8 Å². The number of carboxylic acid groups (broad SMARTS) is 1. The largest absolute Gasteiger partial charge is 0.481 e. The second-order valence-corrected chi connectivity index (χ2v) is 17.1. The fraction of sp³-hybridized carbons (Fsp3) is 0.857. The summed E-state index contributed by atoms with van der Waals surface area (Å²) in [5.74, 6) is 0.353. The van der Waals surface area contributed by atoms with E-state index >= 15 is 0 Å². The molecule has 0 aromatic carbocycles. The molecule has 0 radical (unpaired) electrons. The van der Waals surface area contributed by atoms with Crippen LogP contribution >= 0.6 is 0 Å². The number of hydrogen-bond acceptors (Lipinski definition) is 3. The molecule has 0 bridgehead atoms. The third-order valence-electron chi connectivity index (χ3n) is 8.71. The molecule has 0 unspecified atom stereocenters. The van der Waals surface area contributed by atoms with Crippen LogP contribution in [0.4, 0.5) is 0 Å². The Morgan fingerprint density at radius 3 is 2.30 bits per heavy atom. The highest BCUT2D eigenvalue weighted by Crippen LogP contribution is 2.46. The van der Waals surface area contributed by atoms with Crippen LogP contribution in [0.25, 0.3) is 0 Å². The smallest absolute Gasteiger partial charge is 0.303 e. The van der Waals surface area contributed by atoms with Crippen molar-refractivity contribution in [1.29, 1.82) is 0 Å². The van der Waals surface area contributed by atoms with Gasteiger partial charge in [-0.3, -0.25) is 9.59 Å². The number of ketones is 1. The van der Waals surface area contributed by atoms with E-state index in [2.05, 4.69) is 46.9 Å². The predicted octanol–water partition coefficient (Wildman–Crippen LogP) is 8.07. The Kier molecular flexibility index (Phi) is 10.4. The summed E-state index contributed by atoms with van der Waals surface area (Å²) in [6.07, 6.45) is 16.1. The lowest BCUT2D eigenvalue weighted by Gasteiger charge is -2.49. The van der Waals surface area contributed by atoms with Gasteiger partial charge in [0.25, 0.3) is 0 Å². The quantitative estimate of drug-likeness (QED) is 0.165. The number of rotatable bonds is 13. The van der Waals surface area contributed by atoms with Gasteiger partial charge in [0.2, 0.25) is 0 Å². The molecular weight excluding hydrogens is 428 g/mol. The first-order valence-corrected chi connectivity index (χ1v) is 16.4. The molecule has 0 spiro atoms. The maximum Gasteiger partial charge on any atom is 0.303 e. The molecule has 1 saturated carbocycles. The van der Waals surface area contributed by atoms with E-state index in [1.807, 2.05) is 0 Å². The molecule has 2 atom stereocenters. The minimum absolute atomic E-state index is 0.0768. The molecule has 0 saturated heterocycles. The molecule has 4 nitrogen and oxygen atoms in total. The summed E-state index contributed by atoms with van der Waals surface area (Å²) in [7, 11) is -1.90. The van der Waals surface area contributed by atoms with Crippen molar-refractivity contribution in [2.24, 2.45) is 11.8 Å². The summed E-state index contributed by atoms with van der Waals surface area (Å²) in [5.41, 5.74) is 1.23. The lowest BCUT2D eigenvalue weighted by molar-refractivity contribution is -0.137. The fourth-order valence-corrected chi connectivity index (χ4v) is 7.24. The van der Waals surface area contributed by atoms with E-state index in [1.54, 1.807) is 0 Å². The molecule has 190 valence electrons. The molecule has 0 aromatic heterocycles. The van der Waals surface area contributed by atoms with Gasteiger partial charge in [-0.1, -0.05) is 70.9 Å². The Bertz CT molecular complexity index is 685. The maximum absolute atomic E-state index is 12.6. The highest BCUT2D eigenvalue weighted by atomic mass is 28.4. The van der Waals surface area contributed by atoms with Gasteiger partial charge in [-0.05, 0) is 69.5 Å². The molecule has 33 heavy (non-hydrogen) atoms. The van der Waals surface area contributed by atoms with Gasteiger partial charge in [-0.2, -0.15) is 0 Å². The molecule has 0 aliphatic heterocycles. The van der Waals surface area contributed by atoms with Gasteiger partial charge < -0.3 is 9.53 Å². The van der Waals surface area contributed by atoms with Crippen LogP contribution < -0.4 is 0 Å². The lowest BCUT2D eigenvalue weighted by atomic mass is 9.75. The van der Waals surface area contributed by atoms with Crippen molar-refractivity contribution < 1.29 is 19.1 Å². The molecule has 2 aliphatic rings. The lowest BCUT2D eigenvalue weighted by Crippen LogP contribution is -2.52. The zero-order valence-corrected chi connectivity index (χ0v) is 23.3. The van der Waals surface area contributed by atoms with Crippen LogP contribution in [0.1, 0.15) is 118 Å². The monoisotopic (exact) mass is 478 g/mol. The molecule has 1 fully saturated rings. The number of carboxylic acids is 1. The number of aliphatic carboxylic acids is 1. The minimum Gasteiger partial charge on any atom is -0.481 e. The zero-order chi connectivity index (χ0) is 24.7. The van der Waals surface area contributed by atoms with Crippen LogP contribution in [-0.4, -0.2) is 30.8 Å². The fourth-order valence-electron chi connectivity index (χ4n) is 5.50. The third-order valence-corrected chi connectivity index (χ3v) is 13.3. The first-order valence-electron chi connectivity index (χ1n) is 13.5. The maximum atomic E-state index is 12.6. The van der Waals surface area contributed by atoms with Gasteiger partial charge in [-0.25, -0.2) is 0 Å². The molecular formula is C28H50O4Si. The third kappa shape index (κ3) is 8.34. The Morgan fingerprint density at radius 1 is 1.06 bits per heavy atom. The highest BCUT2D eigenvalue weighted by Gasteiger charge is 2.46. The molecule has 2 aliphatic carbocycles. The molecule has 2 rings (SSSR count). The Balaban J connectivity index is 1.99. The van der Waals surface area contributed by atoms with Gasteiger partial charge in [0.15, 0.2) is 8.32 Å². The predicted molar refractivity (Wildman–Crippen MR) is 139 cm³/mol. The summed E-state index contributed by atoms with van der Waals surface area (Å²) < 4.78 is 7.17. The number of carbonyl (C=O) groups excluding carboxylic acids is 1. The molecule has 5 heteroatoms. The van der Waals surface area contributed by atoms with E-state index in [1.165, 1.54) is 37.7 Å². The van der Waals surface area contributed by atoms with E-state index < -0.39 is 14.3 Å². The zero-order valence-electron chi connectivity index (χ0n) is 22.3. The van der Waals surface area contributed by atoms with Crippen LogP contribution in [0.2, 0.25) is 18.1 Å². The number of allylic oxidation sites excluding steroid dienone is 2. The molecule has 0 amide bonds. The van der Waals surface area contributed by atoms with Crippen molar-refractivity contribution >= 4 is 20.1 Å². The van der Waals surface area contributed by atoms with Crippen molar-refractivity contribution in [2.75, 3.05) is 0 Å².